The van der Waals surface area contributed by atoms with Gasteiger partial charge in [0.2, 0.25) is 0 Å². The molecule has 0 amide bonds. The summed E-state index contributed by atoms with van der Waals surface area (Å²) in [6, 6.07) is 12.1. The van der Waals surface area contributed by atoms with Crippen molar-refractivity contribution < 1.29 is 14.2 Å². The molecule has 0 radical (unpaired) electrons. The Labute approximate surface area is 158 Å². The van der Waals surface area contributed by atoms with Crippen molar-refractivity contribution in [1.29, 1.82) is 0 Å². The molecule has 0 N–H and O–H groups in total. The Morgan fingerprint density at radius 3 is 2.48 bits per heavy atom. The molecule has 7 nitrogen and oxygen atoms in total. The summed E-state index contributed by atoms with van der Waals surface area (Å²) in [6.45, 7) is 3.63. The lowest BCUT2D eigenvalue weighted by Gasteiger charge is -2.28. The zero-order chi connectivity index (χ0) is 18.6. The van der Waals surface area contributed by atoms with Gasteiger partial charge in [-0.1, -0.05) is 30.3 Å². The van der Waals surface area contributed by atoms with Gasteiger partial charge in [-0.15, -0.1) is 0 Å². The molecule has 2 aromatic heterocycles. The molecule has 27 heavy (non-hydrogen) atoms. The summed E-state index contributed by atoms with van der Waals surface area (Å²) in [5, 5.41) is 1.03. The number of morpholine rings is 1. The fraction of sp³-hybridized carbons (Fsp3) is 0.400. The molecule has 0 saturated carbocycles. The quantitative estimate of drug-likeness (QED) is 0.623. The van der Waals surface area contributed by atoms with Crippen LogP contribution >= 0.6 is 0 Å². The molecule has 3 heterocycles. The Kier molecular flexibility index (Phi) is 5.33. The number of ether oxygens (including phenoxy) is 3. The molecule has 1 fully saturated rings. The Bertz CT molecular complexity index is 887. The number of methoxy groups -OCH3 is 2. The van der Waals surface area contributed by atoms with E-state index >= 15 is 0 Å². The average molecular weight is 368 g/mol. The molecule has 1 aliphatic rings. The molecule has 7 heteroatoms. The second kappa shape index (κ2) is 8.04. The normalized spacial score (nSPS) is 15.0. The first-order valence-electron chi connectivity index (χ1n) is 9.10. The monoisotopic (exact) mass is 368 g/mol. The molecule has 1 saturated heterocycles. The van der Waals surface area contributed by atoms with E-state index in [1.165, 1.54) is 0 Å². The maximum absolute atomic E-state index is 5.51. The van der Waals surface area contributed by atoms with E-state index in [0.29, 0.717) is 19.8 Å². The van der Waals surface area contributed by atoms with Crippen molar-refractivity contribution in [2.75, 3.05) is 45.4 Å². The number of fused-ring (bicyclic) bond motifs is 1. The highest BCUT2D eigenvalue weighted by Gasteiger charge is 2.20. The van der Waals surface area contributed by atoms with E-state index in [2.05, 4.69) is 15.5 Å². The first-order chi connectivity index (χ1) is 13.3. The lowest BCUT2D eigenvalue weighted by molar-refractivity contribution is -0.110. The summed E-state index contributed by atoms with van der Waals surface area (Å²) >= 11 is 0. The van der Waals surface area contributed by atoms with Gasteiger partial charge in [0.1, 0.15) is 11.5 Å². The molecule has 0 aliphatic carbocycles. The molecule has 4 rings (SSSR count). The van der Waals surface area contributed by atoms with E-state index in [9.17, 15) is 0 Å². The van der Waals surface area contributed by atoms with Crippen LogP contribution in [0.3, 0.4) is 0 Å². The minimum Gasteiger partial charge on any atom is -0.378 e. The second-order valence-electron chi connectivity index (χ2n) is 6.44. The summed E-state index contributed by atoms with van der Waals surface area (Å²) in [4.78, 5) is 12.0. The van der Waals surface area contributed by atoms with Crippen molar-refractivity contribution in [2.24, 2.45) is 0 Å². The standard InChI is InChI=1S/C20H24N4O3/c1-25-17(26-2)14-24-9-8-16-19(23-10-12-27-13-11-23)21-18(22-20(16)24)15-6-4-3-5-7-15/h3-9,17H,10-14H2,1-2H3. The summed E-state index contributed by atoms with van der Waals surface area (Å²) in [5.41, 5.74) is 1.88. The van der Waals surface area contributed by atoms with Crippen LogP contribution in [0.1, 0.15) is 0 Å². The highest BCUT2D eigenvalue weighted by molar-refractivity contribution is 5.89. The minimum absolute atomic E-state index is 0.331. The van der Waals surface area contributed by atoms with Gasteiger partial charge in [-0.3, -0.25) is 0 Å². The Morgan fingerprint density at radius 2 is 1.78 bits per heavy atom. The van der Waals surface area contributed by atoms with E-state index in [4.69, 9.17) is 24.2 Å². The van der Waals surface area contributed by atoms with Crippen LogP contribution in [0.4, 0.5) is 5.82 Å². The van der Waals surface area contributed by atoms with Crippen LogP contribution in [0.5, 0.6) is 0 Å². The van der Waals surface area contributed by atoms with Crippen LogP contribution < -0.4 is 4.90 Å². The van der Waals surface area contributed by atoms with Crippen LogP contribution in [0.15, 0.2) is 42.6 Å². The summed E-state index contributed by atoms with van der Waals surface area (Å²) < 4.78 is 18.3. The Balaban J connectivity index is 1.83. The van der Waals surface area contributed by atoms with E-state index in [1.54, 1.807) is 14.2 Å². The fourth-order valence-corrected chi connectivity index (χ4v) is 3.33. The molecule has 0 unspecified atom stereocenters. The van der Waals surface area contributed by atoms with Crippen LogP contribution in [0.2, 0.25) is 0 Å². The van der Waals surface area contributed by atoms with Gasteiger partial charge in [0.25, 0.3) is 0 Å². The van der Waals surface area contributed by atoms with Gasteiger partial charge >= 0.3 is 0 Å². The zero-order valence-corrected chi connectivity index (χ0v) is 15.7. The number of hydrogen-bond donors (Lipinski definition) is 0. The van der Waals surface area contributed by atoms with Crippen molar-refractivity contribution in [1.82, 2.24) is 14.5 Å². The molecule has 1 aromatic carbocycles. The average Bonchev–Trinajstić information content (AvgIpc) is 3.15. The first-order valence-corrected chi connectivity index (χ1v) is 9.10. The molecular formula is C20H24N4O3. The van der Waals surface area contributed by atoms with Crippen molar-refractivity contribution in [3.05, 3.63) is 42.6 Å². The molecule has 142 valence electrons. The maximum Gasteiger partial charge on any atom is 0.174 e. The number of benzene rings is 1. The van der Waals surface area contributed by atoms with Gasteiger partial charge in [0.15, 0.2) is 12.1 Å². The maximum atomic E-state index is 5.51. The van der Waals surface area contributed by atoms with Gasteiger partial charge < -0.3 is 23.7 Å². The Morgan fingerprint density at radius 1 is 1.04 bits per heavy atom. The van der Waals surface area contributed by atoms with Gasteiger partial charge in [0.05, 0.1) is 25.1 Å². The van der Waals surface area contributed by atoms with Crippen molar-refractivity contribution in [3.63, 3.8) is 0 Å². The van der Waals surface area contributed by atoms with Gasteiger partial charge in [0, 0.05) is 39.1 Å². The number of anilines is 1. The van der Waals surface area contributed by atoms with E-state index < -0.39 is 0 Å². The number of aromatic nitrogens is 3. The Hall–Kier alpha value is -2.48. The molecular weight excluding hydrogens is 344 g/mol. The molecule has 0 bridgehead atoms. The van der Waals surface area contributed by atoms with Crippen LogP contribution in [0.25, 0.3) is 22.4 Å². The smallest absolute Gasteiger partial charge is 0.174 e. The minimum atomic E-state index is -0.331. The van der Waals surface area contributed by atoms with Crippen LogP contribution in [-0.2, 0) is 20.8 Å². The van der Waals surface area contributed by atoms with Gasteiger partial charge in [-0.05, 0) is 6.07 Å². The number of nitrogens with zero attached hydrogens (tertiary/aromatic N) is 4. The third-order valence-corrected chi connectivity index (χ3v) is 4.81. The molecule has 0 atom stereocenters. The van der Waals surface area contributed by atoms with Crippen molar-refractivity contribution in [3.8, 4) is 11.4 Å². The number of hydrogen-bond acceptors (Lipinski definition) is 6. The predicted molar refractivity (Wildman–Crippen MR) is 104 cm³/mol. The third kappa shape index (κ3) is 3.66. The predicted octanol–water partition coefficient (Wildman–Crippen LogP) is 2.55. The van der Waals surface area contributed by atoms with Crippen LogP contribution in [-0.4, -0.2) is 61.3 Å². The fourth-order valence-electron chi connectivity index (χ4n) is 3.33. The lowest BCUT2D eigenvalue weighted by atomic mass is 10.2. The SMILES string of the molecule is COC(Cn1ccc2c(N3CCOCC3)nc(-c3ccccc3)nc21)OC. The van der Waals surface area contributed by atoms with Crippen molar-refractivity contribution >= 4 is 16.9 Å². The molecule has 0 spiro atoms. The zero-order valence-electron chi connectivity index (χ0n) is 15.7. The third-order valence-electron chi connectivity index (χ3n) is 4.81. The second-order valence-corrected chi connectivity index (χ2v) is 6.44. The van der Waals surface area contributed by atoms with Gasteiger partial charge in [-0.2, -0.15) is 0 Å². The first kappa shape index (κ1) is 17.9. The molecule has 1 aliphatic heterocycles. The topological polar surface area (TPSA) is 61.6 Å². The highest BCUT2D eigenvalue weighted by Crippen LogP contribution is 2.29. The molecule has 3 aromatic rings. The van der Waals surface area contributed by atoms with E-state index in [1.807, 2.05) is 36.5 Å². The lowest BCUT2D eigenvalue weighted by Crippen LogP contribution is -2.37. The summed E-state index contributed by atoms with van der Waals surface area (Å²) in [7, 11) is 3.28. The van der Waals surface area contributed by atoms with Crippen LogP contribution in [0, 0.1) is 0 Å². The van der Waals surface area contributed by atoms with E-state index in [-0.39, 0.29) is 6.29 Å². The highest BCUT2D eigenvalue weighted by atomic mass is 16.7. The van der Waals surface area contributed by atoms with E-state index in [0.717, 1.165) is 41.3 Å². The summed E-state index contributed by atoms with van der Waals surface area (Å²) in [6.07, 6.45) is 1.69. The summed E-state index contributed by atoms with van der Waals surface area (Å²) in [5.74, 6) is 1.67. The largest absolute Gasteiger partial charge is 0.378 e. The van der Waals surface area contributed by atoms with Gasteiger partial charge in [-0.25, -0.2) is 9.97 Å². The van der Waals surface area contributed by atoms with Crippen molar-refractivity contribution in [2.45, 2.75) is 12.8 Å². The number of rotatable bonds is 6.